The lowest BCUT2D eigenvalue weighted by Crippen LogP contribution is -2.29. The molecule has 0 bridgehead atoms. The van der Waals surface area contributed by atoms with Gasteiger partial charge in [0, 0.05) is 19.8 Å². The zero-order valence-electron chi connectivity index (χ0n) is 13.0. The minimum Gasteiger partial charge on any atom is -0.497 e. The molecular weight excluding hydrogens is 280 g/mol. The standard InChI is InChI=1S/C18H20O4/c1-20-15-11-9-14(10-12-15)17(19)16(18(21-2)22-3)13-7-5-4-6-8-13/h4-12,16,18H,1-3H3. The summed E-state index contributed by atoms with van der Waals surface area (Å²) in [7, 11) is 4.66. The number of hydrogen-bond acceptors (Lipinski definition) is 4. The summed E-state index contributed by atoms with van der Waals surface area (Å²) in [5.41, 5.74) is 1.45. The van der Waals surface area contributed by atoms with Crippen molar-refractivity contribution in [1.82, 2.24) is 0 Å². The highest BCUT2D eigenvalue weighted by Crippen LogP contribution is 2.27. The van der Waals surface area contributed by atoms with Crippen LogP contribution in [0.5, 0.6) is 5.75 Å². The molecule has 0 saturated heterocycles. The number of rotatable bonds is 7. The second-order valence-electron chi connectivity index (χ2n) is 4.82. The van der Waals surface area contributed by atoms with Gasteiger partial charge in [-0.25, -0.2) is 0 Å². The predicted molar refractivity (Wildman–Crippen MR) is 84.3 cm³/mol. The molecule has 0 saturated carbocycles. The monoisotopic (exact) mass is 300 g/mol. The molecule has 2 rings (SSSR count). The summed E-state index contributed by atoms with van der Waals surface area (Å²) in [6.45, 7) is 0. The molecule has 0 aliphatic rings. The SMILES string of the molecule is COc1ccc(C(=O)C(c2ccccc2)C(OC)OC)cc1. The van der Waals surface area contributed by atoms with Crippen molar-refractivity contribution in [1.29, 1.82) is 0 Å². The van der Waals surface area contributed by atoms with E-state index in [4.69, 9.17) is 14.2 Å². The first-order valence-corrected chi connectivity index (χ1v) is 7.00. The molecule has 2 aromatic rings. The lowest BCUT2D eigenvalue weighted by Gasteiger charge is -2.24. The van der Waals surface area contributed by atoms with E-state index in [1.807, 2.05) is 30.3 Å². The number of ether oxygens (including phenoxy) is 3. The summed E-state index contributed by atoms with van der Waals surface area (Å²) < 4.78 is 15.8. The summed E-state index contributed by atoms with van der Waals surface area (Å²) in [4.78, 5) is 12.9. The fraction of sp³-hybridized carbons (Fsp3) is 0.278. The molecule has 0 spiro atoms. The average Bonchev–Trinajstić information content (AvgIpc) is 2.60. The Bertz CT molecular complexity index is 588. The van der Waals surface area contributed by atoms with Crippen LogP contribution in [0.1, 0.15) is 21.8 Å². The number of ketones is 1. The van der Waals surface area contributed by atoms with E-state index in [2.05, 4.69) is 0 Å². The highest BCUT2D eigenvalue weighted by molar-refractivity contribution is 6.01. The van der Waals surface area contributed by atoms with Gasteiger partial charge in [-0.3, -0.25) is 4.79 Å². The third kappa shape index (κ3) is 3.53. The zero-order valence-corrected chi connectivity index (χ0v) is 13.0. The molecular formula is C18H20O4. The third-order valence-corrected chi connectivity index (χ3v) is 3.55. The van der Waals surface area contributed by atoms with Gasteiger partial charge in [-0.1, -0.05) is 30.3 Å². The van der Waals surface area contributed by atoms with Crippen molar-refractivity contribution in [3.05, 3.63) is 65.7 Å². The van der Waals surface area contributed by atoms with E-state index >= 15 is 0 Å². The van der Waals surface area contributed by atoms with E-state index in [-0.39, 0.29) is 5.78 Å². The first kappa shape index (κ1) is 16.2. The van der Waals surface area contributed by atoms with E-state index < -0.39 is 12.2 Å². The summed E-state index contributed by atoms with van der Waals surface area (Å²) >= 11 is 0. The van der Waals surface area contributed by atoms with Gasteiger partial charge in [0.2, 0.25) is 0 Å². The molecule has 0 N–H and O–H groups in total. The van der Waals surface area contributed by atoms with Crippen molar-refractivity contribution >= 4 is 5.78 Å². The highest BCUT2D eigenvalue weighted by Gasteiger charge is 2.30. The van der Waals surface area contributed by atoms with E-state index in [1.54, 1.807) is 31.4 Å². The molecule has 0 radical (unpaired) electrons. The van der Waals surface area contributed by atoms with Crippen molar-refractivity contribution in [3.63, 3.8) is 0 Å². The van der Waals surface area contributed by atoms with Crippen molar-refractivity contribution < 1.29 is 19.0 Å². The molecule has 116 valence electrons. The molecule has 22 heavy (non-hydrogen) atoms. The Balaban J connectivity index is 2.37. The van der Waals surface area contributed by atoms with Gasteiger partial charge in [0.15, 0.2) is 12.1 Å². The summed E-state index contributed by atoms with van der Waals surface area (Å²) in [5.74, 6) is 0.134. The van der Waals surface area contributed by atoms with Crippen LogP contribution < -0.4 is 4.74 Å². The summed E-state index contributed by atoms with van der Waals surface area (Å²) in [6, 6.07) is 16.5. The van der Waals surface area contributed by atoms with Gasteiger partial charge < -0.3 is 14.2 Å². The van der Waals surface area contributed by atoms with E-state index in [1.165, 1.54) is 14.2 Å². The van der Waals surface area contributed by atoms with Crippen LogP contribution in [0.25, 0.3) is 0 Å². The van der Waals surface area contributed by atoms with E-state index in [9.17, 15) is 4.79 Å². The first-order valence-electron chi connectivity index (χ1n) is 7.00. The van der Waals surface area contributed by atoms with Gasteiger partial charge in [-0.05, 0) is 29.8 Å². The molecule has 0 aromatic heterocycles. The van der Waals surface area contributed by atoms with Crippen molar-refractivity contribution in [2.75, 3.05) is 21.3 Å². The van der Waals surface area contributed by atoms with Gasteiger partial charge in [0.05, 0.1) is 13.0 Å². The number of methoxy groups -OCH3 is 3. The predicted octanol–water partition coefficient (Wildman–Crippen LogP) is 3.28. The highest BCUT2D eigenvalue weighted by atomic mass is 16.7. The molecule has 0 amide bonds. The number of hydrogen-bond donors (Lipinski definition) is 0. The molecule has 0 aliphatic carbocycles. The molecule has 1 atom stereocenters. The molecule has 4 heteroatoms. The van der Waals surface area contributed by atoms with Gasteiger partial charge in [-0.15, -0.1) is 0 Å². The van der Waals surface area contributed by atoms with Crippen LogP contribution in [0.4, 0.5) is 0 Å². The van der Waals surface area contributed by atoms with Crippen LogP contribution in [-0.4, -0.2) is 33.4 Å². The summed E-state index contributed by atoms with van der Waals surface area (Å²) in [6.07, 6.45) is -0.642. The minimum atomic E-state index is -0.642. The number of benzene rings is 2. The van der Waals surface area contributed by atoms with Gasteiger partial charge in [-0.2, -0.15) is 0 Å². The fourth-order valence-electron chi connectivity index (χ4n) is 2.40. The average molecular weight is 300 g/mol. The van der Waals surface area contributed by atoms with Crippen LogP contribution in [0, 0.1) is 0 Å². The molecule has 4 nitrogen and oxygen atoms in total. The lowest BCUT2D eigenvalue weighted by atomic mass is 9.90. The van der Waals surface area contributed by atoms with Crippen molar-refractivity contribution in [2.24, 2.45) is 0 Å². The van der Waals surface area contributed by atoms with Crippen LogP contribution in [-0.2, 0) is 9.47 Å². The molecule has 1 unspecified atom stereocenters. The lowest BCUT2D eigenvalue weighted by molar-refractivity contribution is -0.110. The van der Waals surface area contributed by atoms with Crippen LogP contribution in [0.15, 0.2) is 54.6 Å². The maximum atomic E-state index is 12.9. The van der Waals surface area contributed by atoms with Crippen LogP contribution in [0.3, 0.4) is 0 Å². The largest absolute Gasteiger partial charge is 0.497 e. The normalized spacial score (nSPS) is 12.2. The quantitative estimate of drug-likeness (QED) is 0.581. The van der Waals surface area contributed by atoms with E-state index in [0.717, 1.165) is 5.56 Å². The Morgan fingerprint density at radius 3 is 1.95 bits per heavy atom. The van der Waals surface area contributed by atoms with Crippen LogP contribution in [0.2, 0.25) is 0 Å². The maximum absolute atomic E-state index is 12.9. The summed E-state index contributed by atoms with van der Waals surface area (Å²) in [5, 5.41) is 0. The second-order valence-corrected chi connectivity index (χ2v) is 4.82. The number of Topliss-reactive ketones (excluding diaryl/α,β-unsaturated/α-hetero) is 1. The van der Waals surface area contributed by atoms with E-state index in [0.29, 0.717) is 11.3 Å². The van der Waals surface area contributed by atoms with Crippen molar-refractivity contribution in [2.45, 2.75) is 12.2 Å². The molecule has 0 heterocycles. The van der Waals surface area contributed by atoms with Gasteiger partial charge in [0.25, 0.3) is 0 Å². The Morgan fingerprint density at radius 2 is 1.45 bits per heavy atom. The van der Waals surface area contributed by atoms with Crippen LogP contribution >= 0.6 is 0 Å². The Kier molecular flexibility index (Phi) is 5.69. The maximum Gasteiger partial charge on any atom is 0.175 e. The second kappa shape index (κ2) is 7.73. The molecule has 0 fully saturated rings. The fourth-order valence-corrected chi connectivity index (χ4v) is 2.40. The zero-order chi connectivity index (χ0) is 15.9. The van der Waals surface area contributed by atoms with Gasteiger partial charge >= 0.3 is 0 Å². The number of carbonyl (C=O) groups is 1. The Morgan fingerprint density at radius 1 is 0.864 bits per heavy atom. The first-order chi connectivity index (χ1) is 10.7. The third-order valence-electron chi connectivity index (χ3n) is 3.55. The molecule has 0 aliphatic heterocycles. The Labute approximate surface area is 130 Å². The smallest absolute Gasteiger partial charge is 0.175 e. The molecule has 2 aromatic carbocycles. The van der Waals surface area contributed by atoms with Gasteiger partial charge in [0.1, 0.15) is 5.75 Å². The van der Waals surface area contributed by atoms with Crippen molar-refractivity contribution in [3.8, 4) is 5.75 Å². The number of carbonyl (C=O) groups excluding carboxylic acids is 1. The Hall–Kier alpha value is -2.17. The topological polar surface area (TPSA) is 44.8 Å². The minimum absolute atomic E-state index is 0.0532.